The van der Waals surface area contributed by atoms with Crippen molar-refractivity contribution in [3.05, 3.63) is 88.3 Å². The number of carbonyl (C=O) groups is 2. The summed E-state index contributed by atoms with van der Waals surface area (Å²) in [5.41, 5.74) is 4.71. The van der Waals surface area contributed by atoms with Gasteiger partial charge < -0.3 is 14.2 Å². The number of carbonyl (C=O) groups excluding carboxylic acids is 2. The zero-order chi connectivity index (χ0) is 27.1. The van der Waals surface area contributed by atoms with Crippen molar-refractivity contribution in [3.63, 3.8) is 0 Å². The lowest BCUT2D eigenvalue weighted by atomic mass is 10.1. The molecule has 0 bridgehead atoms. The van der Waals surface area contributed by atoms with E-state index in [9.17, 15) is 9.59 Å². The van der Waals surface area contributed by atoms with Crippen molar-refractivity contribution in [2.75, 3.05) is 25.7 Å². The summed E-state index contributed by atoms with van der Waals surface area (Å²) in [6.07, 6.45) is 3.67. The molecule has 0 spiro atoms. The van der Waals surface area contributed by atoms with Crippen molar-refractivity contribution in [1.29, 1.82) is 0 Å². The first-order valence-corrected chi connectivity index (χ1v) is 13.2. The molecular formula is C30H30N2O5S. The number of amidine groups is 1. The van der Waals surface area contributed by atoms with Gasteiger partial charge in [0.2, 0.25) is 0 Å². The van der Waals surface area contributed by atoms with E-state index in [1.165, 1.54) is 37.1 Å². The first-order chi connectivity index (χ1) is 18.4. The molecule has 1 saturated heterocycles. The van der Waals surface area contributed by atoms with Crippen molar-refractivity contribution in [2.24, 2.45) is 4.99 Å². The fraction of sp³-hybridized carbons (Fsp3) is 0.233. The van der Waals surface area contributed by atoms with E-state index in [0.29, 0.717) is 21.6 Å². The molecule has 3 aromatic carbocycles. The Kier molecular flexibility index (Phi) is 8.86. The summed E-state index contributed by atoms with van der Waals surface area (Å²) < 4.78 is 15.6. The van der Waals surface area contributed by atoms with Crippen LogP contribution in [0.3, 0.4) is 0 Å². The van der Waals surface area contributed by atoms with Crippen molar-refractivity contribution in [1.82, 2.24) is 0 Å². The number of ether oxygens (including phenoxy) is 3. The molecule has 0 N–H and O–H groups in total. The largest absolute Gasteiger partial charge is 0.493 e. The second kappa shape index (κ2) is 12.5. The van der Waals surface area contributed by atoms with Crippen LogP contribution in [0.5, 0.6) is 11.5 Å². The van der Waals surface area contributed by atoms with Gasteiger partial charge in [-0.05, 0) is 83.8 Å². The van der Waals surface area contributed by atoms with E-state index in [4.69, 9.17) is 14.5 Å². The average Bonchev–Trinajstić information content (AvgIpc) is 3.26. The monoisotopic (exact) mass is 530 g/mol. The molecule has 0 atom stereocenters. The van der Waals surface area contributed by atoms with Crippen LogP contribution in [0.15, 0.2) is 76.6 Å². The van der Waals surface area contributed by atoms with E-state index in [1.54, 1.807) is 29.2 Å². The smallest absolute Gasteiger partial charge is 0.343 e. The molecule has 38 heavy (non-hydrogen) atoms. The van der Waals surface area contributed by atoms with Gasteiger partial charge in [0.1, 0.15) is 0 Å². The van der Waals surface area contributed by atoms with Crippen LogP contribution in [0.4, 0.5) is 11.4 Å². The first-order valence-electron chi connectivity index (χ1n) is 12.3. The van der Waals surface area contributed by atoms with Crippen LogP contribution in [0.25, 0.3) is 6.08 Å². The maximum absolute atomic E-state index is 13.6. The minimum Gasteiger partial charge on any atom is -0.493 e. The van der Waals surface area contributed by atoms with Gasteiger partial charge in [0, 0.05) is 0 Å². The van der Waals surface area contributed by atoms with Crippen LogP contribution in [0.2, 0.25) is 0 Å². The summed E-state index contributed by atoms with van der Waals surface area (Å²) in [7, 11) is 2.82. The van der Waals surface area contributed by atoms with Gasteiger partial charge in [-0.2, -0.15) is 0 Å². The lowest BCUT2D eigenvalue weighted by molar-refractivity contribution is -0.142. The number of benzene rings is 3. The third-order valence-corrected chi connectivity index (χ3v) is 7.01. The van der Waals surface area contributed by atoms with Gasteiger partial charge in [-0.3, -0.25) is 9.69 Å². The normalized spacial score (nSPS) is 15.3. The molecule has 1 fully saturated rings. The highest BCUT2D eigenvalue weighted by Gasteiger charge is 2.34. The Hall–Kier alpha value is -4.04. The zero-order valence-corrected chi connectivity index (χ0v) is 22.7. The number of amides is 1. The van der Waals surface area contributed by atoms with Gasteiger partial charge in [-0.15, -0.1) is 0 Å². The van der Waals surface area contributed by atoms with Crippen LogP contribution >= 0.6 is 11.8 Å². The van der Waals surface area contributed by atoms with Crippen molar-refractivity contribution in [3.8, 4) is 11.5 Å². The van der Waals surface area contributed by atoms with Crippen LogP contribution < -0.4 is 14.4 Å². The summed E-state index contributed by atoms with van der Waals surface area (Å²) in [6.45, 7) is 3.98. The molecule has 1 heterocycles. The summed E-state index contributed by atoms with van der Waals surface area (Å²) >= 11 is 1.32. The molecule has 1 aliphatic heterocycles. The van der Waals surface area contributed by atoms with Crippen molar-refractivity contribution >= 4 is 46.3 Å². The average molecular weight is 531 g/mol. The fourth-order valence-electron chi connectivity index (χ4n) is 3.81. The number of nitrogens with zero attached hydrogens (tertiary/aromatic N) is 2. The third kappa shape index (κ3) is 6.26. The molecule has 0 radical (unpaired) electrons. The first kappa shape index (κ1) is 27.0. The Bertz CT molecular complexity index is 1360. The molecule has 196 valence electrons. The second-order valence-corrected chi connectivity index (χ2v) is 9.47. The number of thioether (sulfide) groups is 1. The lowest BCUT2D eigenvalue weighted by Gasteiger charge is -2.16. The summed E-state index contributed by atoms with van der Waals surface area (Å²) in [6, 6.07) is 21.2. The van der Waals surface area contributed by atoms with Crippen molar-refractivity contribution in [2.45, 2.75) is 26.7 Å². The molecule has 1 aliphatic rings. The molecule has 4 rings (SSSR count). The quantitative estimate of drug-likeness (QED) is 0.243. The van der Waals surface area contributed by atoms with E-state index >= 15 is 0 Å². The second-order valence-electron chi connectivity index (χ2n) is 8.46. The highest BCUT2D eigenvalue weighted by atomic mass is 32.2. The van der Waals surface area contributed by atoms with E-state index in [1.807, 2.05) is 48.5 Å². The van der Waals surface area contributed by atoms with Crippen LogP contribution in [0, 0.1) is 0 Å². The van der Waals surface area contributed by atoms with Crippen LogP contribution in [0.1, 0.15) is 30.5 Å². The Balaban J connectivity index is 1.68. The van der Waals surface area contributed by atoms with Gasteiger partial charge in [-0.25, -0.2) is 9.79 Å². The van der Waals surface area contributed by atoms with Gasteiger partial charge >= 0.3 is 5.97 Å². The van der Waals surface area contributed by atoms with Crippen LogP contribution in [-0.2, 0) is 27.2 Å². The molecular weight excluding hydrogens is 500 g/mol. The van der Waals surface area contributed by atoms with E-state index in [-0.39, 0.29) is 12.5 Å². The number of rotatable bonds is 9. The Morgan fingerprint density at radius 2 is 1.58 bits per heavy atom. The summed E-state index contributed by atoms with van der Waals surface area (Å²) in [5.74, 6) is 0.194. The van der Waals surface area contributed by atoms with E-state index < -0.39 is 5.97 Å². The maximum Gasteiger partial charge on any atom is 0.343 e. The standard InChI is InChI=1S/C30H30N2O5S/c1-5-20-7-12-23(13-8-20)31-30-32(24-14-9-21(6-2)10-15-24)29(34)27(38-30)18-22-11-16-25(26(17-22)35-3)37-19-28(33)36-4/h7-18H,5-6,19H2,1-4H3/b27-18-,31-30?. The Morgan fingerprint density at radius 1 is 0.921 bits per heavy atom. The molecule has 0 aliphatic carbocycles. The third-order valence-electron chi connectivity index (χ3n) is 6.04. The maximum atomic E-state index is 13.6. The highest BCUT2D eigenvalue weighted by molar-refractivity contribution is 8.19. The van der Waals surface area contributed by atoms with Crippen molar-refractivity contribution < 1.29 is 23.8 Å². The summed E-state index contributed by atoms with van der Waals surface area (Å²) in [5, 5.41) is 0.583. The zero-order valence-electron chi connectivity index (χ0n) is 21.9. The molecule has 8 heteroatoms. The number of esters is 1. The molecule has 7 nitrogen and oxygen atoms in total. The van der Waals surface area contributed by atoms with Gasteiger partial charge in [-0.1, -0.05) is 44.2 Å². The number of hydrogen-bond acceptors (Lipinski definition) is 7. The molecule has 0 unspecified atom stereocenters. The van der Waals surface area contributed by atoms with E-state index in [2.05, 4.69) is 18.6 Å². The number of hydrogen-bond donors (Lipinski definition) is 0. The number of aryl methyl sites for hydroxylation is 2. The molecule has 3 aromatic rings. The van der Waals surface area contributed by atoms with E-state index in [0.717, 1.165) is 29.8 Å². The topological polar surface area (TPSA) is 77.4 Å². The van der Waals surface area contributed by atoms with Gasteiger partial charge in [0.15, 0.2) is 23.3 Å². The Labute approximate surface area is 227 Å². The highest BCUT2D eigenvalue weighted by Crippen LogP contribution is 2.38. The van der Waals surface area contributed by atoms with Gasteiger partial charge in [0.05, 0.1) is 30.5 Å². The van der Waals surface area contributed by atoms with Crippen LogP contribution in [-0.4, -0.2) is 37.9 Å². The predicted molar refractivity (Wildman–Crippen MR) is 152 cm³/mol. The molecule has 1 amide bonds. The van der Waals surface area contributed by atoms with Gasteiger partial charge in [0.25, 0.3) is 5.91 Å². The minimum absolute atomic E-state index is 0.159. The molecule has 0 saturated carbocycles. The lowest BCUT2D eigenvalue weighted by Crippen LogP contribution is -2.28. The minimum atomic E-state index is -0.491. The Morgan fingerprint density at radius 3 is 2.18 bits per heavy atom. The predicted octanol–water partition coefficient (Wildman–Crippen LogP) is 6.18. The fourth-order valence-corrected chi connectivity index (χ4v) is 4.81. The number of methoxy groups -OCH3 is 2. The number of aliphatic imine (C=N–C) groups is 1. The number of anilines is 1. The summed E-state index contributed by atoms with van der Waals surface area (Å²) in [4.78, 5) is 32.1. The molecule has 0 aromatic heterocycles. The SMILES string of the molecule is CCc1ccc(N=C2S/C(=C\c3ccc(OCC(=O)OC)c(OC)c3)C(=O)N2c2ccc(CC)cc2)cc1.